The van der Waals surface area contributed by atoms with Crippen molar-refractivity contribution in [3.8, 4) is 0 Å². The lowest BCUT2D eigenvalue weighted by atomic mass is 9.78. The molecule has 3 rings (SSSR count). The Labute approximate surface area is 185 Å². The Morgan fingerprint density at radius 2 is 1.60 bits per heavy atom. The lowest BCUT2D eigenvalue weighted by Crippen LogP contribution is -2.68. The number of aliphatic hydroxyl groups is 1. The van der Waals surface area contributed by atoms with Gasteiger partial charge in [0.05, 0.1) is 6.10 Å². The first-order valence-corrected chi connectivity index (χ1v) is 13.0. The van der Waals surface area contributed by atoms with Gasteiger partial charge in [-0.15, -0.1) is 11.6 Å². The Hall–Kier alpha value is -1.66. The fourth-order valence-corrected chi connectivity index (χ4v) is 9.19. The lowest BCUT2D eigenvalue weighted by molar-refractivity contribution is -0.119. The van der Waals surface area contributed by atoms with Gasteiger partial charge in [-0.05, 0) is 34.2 Å². The predicted molar refractivity (Wildman–Crippen MR) is 125 cm³/mol. The summed E-state index contributed by atoms with van der Waals surface area (Å²) in [4.78, 5) is 11.3. The molecule has 1 unspecified atom stereocenters. The first kappa shape index (κ1) is 23.0. The molecule has 0 heterocycles. The fourth-order valence-electron chi connectivity index (χ4n) is 4.39. The zero-order chi connectivity index (χ0) is 21.8. The summed E-state index contributed by atoms with van der Waals surface area (Å²) in [7, 11) is -2.56. The average molecular weight is 446 g/mol. The number of hydrogen-bond donors (Lipinski definition) is 2. The van der Waals surface area contributed by atoms with Crippen LogP contribution in [0.5, 0.6) is 0 Å². The van der Waals surface area contributed by atoms with E-state index in [0.29, 0.717) is 0 Å². The highest BCUT2D eigenvalue weighted by molar-refractivity contribution is 6.99. The number of alkyl halides is 1. The number of aliphatic hydroxyl groups excluding tert-OH is 1. The maximum Gasteiger partial charge on any atom is 0.261 e. The van der Waals surface area contributed by atoms with Crippen molar-refractivity contribution in [2.45, 2.75) is 50.9 Å². The van der Waals surface area contributed by atoms with E-state index in [2.05, 4.69) is 74.6 Å². The number of halogens is 1. The molecule has 0 radical (unpaired) electrons. The normalized spacial score (nSPS) is 20.3. The third-order valence-corrected chi connectivity index (χ3v) is 11.4. The minimum atomic E-state index is -2.56. The summed E-state index contributed by atoms with van der Waals surface area (Å²) in [5.41, 5.74) is 0. The number of amides is 1. The van der Waals surface area contributed by atoms with Crippen molar-refractivity contribution >= 4 is 36.2 Å². The molecule has 2 aromatic carbocycles. The van der Waals surface area contributed by atoms with Gasteiger partial charge in [0.1, 0.15) is 5.88 Å². The second-order valence-electron chi connectivity index (χ2n) is 9.14. The fraction of sp³-hybridized carbons (Fsp3) is 0.458. The number of carbonyl (C=O) groups is 1. The molecule has 6 heteroatoms. The molecule has 0 spiro atoms. The van der Waals surface area contributed by atoms with E-state index in [0.717, 1.165) is 12.8 Å². The summed E-state index contributed by atoms with van der Waals surface area (Å²) < 4.78 is 7.06. The molecule has 30 heavy (non-hydrogen) atoms. The summed E-state index contributed by atoms with van der Waals surface area (Å²) >= 11 is 5.51. The predicted octanol–water partition coefficient (Wildman–Crippen LogP) is 3.06. The number of carbonyl (C=O) groups excluding carboxylic acids is 1. The Balaban J connectivity index is 1.81. The van der Waals surface area contributed by atoms with E-state index >= 15 is 0 Å². The second-order valence-corrected chi connectivity index (χ2v) is 13.7. The largest absolute Gasteiger partial charge is 0.404 e. The molecule has 0 bridgehead atoms. The quantitative estimate of drug-likeness (QED) is 0.485. The monoisotopic (exact) mass is 445 g/mol. The summed E-state index contributed by atoms with van der Waals surface area (Å²) in [5, 5.41) is 15.6. The lowest BCUT2D eigenvalue weighted by Gasteiger charge is -2.49. The van der Waals surface area contributed by atoms with Crippen LogP contribution in [0.1, 0.15) is 33.6 Å². The molecule has 1 saturated carbocycles. The minimum absolute atomic E-state index is 0.0618. The van der Waals surface area contributed by atoms with Gasteiger partial charge in [0.25, 0.3) is 8.32 Å². The van der Waals surface area contributed by atoms with Crippen molar-refractivity contribution < 1.29 is 14.3 Å². The first-order valence-electron chi connectivity index (χ1n) is 10.6. The van der Waals surface area contributed by atoms with Crippen LogP contribution in [0.3, 0.4) is 0 Å². The van der Waals surface area contributed by atoms with Crippen LogP contribution >= 0.6 is 11.6 Å². The van der Waals surface area contributed by atoms with Gasteiger partial charge in [0, 0.05) is 12.6 Å². The van der Waals surface area contributed by atoms with Crippen molar-refractivity contribution in [2.24, 2.45) is 5.92 Å². The van der Waals surface area contributed by atoms with Crippen LogP contribution in [0.4, 0.5) is 0 Å². The molecular formula is C24H32ClNO3Si. The van der Waals surface area contributed by atoms with E-state index in [1.54, 1.807) is 0 Å². The van der Waals surface area contributed by atoms with Crippen LogP contribution in [0, 0.1) is 5.92 Å². The van der Waals surface area contributed by atoms with Crippen molar-refractivity contribution in [3.63, 3.8) is 0 Å². The summed E-state index contributed by atoms with van der Waals surface area (Å²) in [6, 6.07) is 21.2. The van der Waals surface area contributed by atoms with Gasteiger partial charge < -0.3 is 14.8 Å². The average Bonchev–Trinajstić information content (AvgIpc) is 2.71. The SMILES string of the molecule is CC(C)(C)[Si](OC1CC(C(O)CNC(=O)CCl)C1)(c1ccccc1)c1ccccc1. The van der Waals surface area contributed by atoms with Gasteiger partial charge in [-0.3, -0.25) is 4.79 Å². The third kappa shape index (κ3) is 4.80. The molecule has 0 aromatic heterocycles. The molecule has 0 saturated heterocycles. The Kier molecular flexibility index (Phi) is 7.40. The van der Waals surface area contributed by atoms with E-state index in [1.807, 2.05) is 12.1 Å². The number of benzene rings is 2. The Morgan fingerprint density at radius 3 is 2.03 bits per heavy atom. The Bertz CT molecular complexity index is 780. The van der Waals surface area contributed by atoms with Gasteiger partial charge in [-0.1, -0.05) is 81.4 Å². The highest BCUT2D eigenvalue weighted by Gasteiger charge is 2.53. The molecule has 2 N–H and O–H groups in total. The van der Waals surface area contributed by atoms with Crippen molar-refractivity contribution in [3.05, 3.63) is 60.7 Å². The van der Waals surface area contributed by atoms with Crippen molar-refractivity contribution in [1.82, 2.24) is 5.32 Å². The third-order valence-electron chi connectivity index (χ3n) is 6.07. The molecule has 1 atom stereocenters. The van der Waals surface area contributed by atoms with E-state index in [4.69, 9.17) is 16.0 Å². The van der Waals surface area contributed by atoms with Gasteiger partial charge in [0.15, 0.2) is 0 Å². The van der Waals surface area contributed by atoms with E-state index in [9.17, 15) is 9.90 Å². The number of rotatable bonds is 8. The highest BCUT2D eigenvalue weighted by atomic mass is 35.5. The molecular weight excluding hydrogens is 414 g/mol. The van der Waals surface area contributed by atoms with Crippen LogP contribution in [-0.4, -0.2) is 44.0 Å². The number of hydrogen-bond acceptors (Lipinski definition) is 3. The van der Waals surface area contributed by atoms with Crippen LogP contribution in [0.15, 0.2) is 60.7 Å². The summed E-state index contributed by atoms with van der Waals surface area (Å²) in [6.45, 7) is 7.05. The van der Waals surface area contributed by atoms with Gasteiger partial charge in [-0.25, -0.2) is 0 Å². The summed E-state index contributed by atoms with van der Waals surface area (Å²) in [6.07, 6.45) is 1.11. The molecule has 1 fully saturated rings. The van der Waals surface area contributed by atoms with Crippen molar-refractivity contribution in [2.75, 3.05) is 12.4 Å². The van der Waals surface area contributed by atoms with Gasteiger partial charge in [-0.2, -0.15) is 0 Å². The second kappa shape index (κ2) is 9.65. The standard InChI is InChI=1S/C24H32ClNO3Si/c1-24(2,3)30(20-10-6-4-7-11-20,21-12-8-5-9-13-21)29-19-14-18(15-19)22(27)17-26-23(28)16-25/h4-13,18-19,22,27H,14-17H2,1-3H3,(H,26,28). The smallest absolute Gasteiger partial charge is 0.261 e. The van der Waals surface area contributed by atoms with Crippen LogP contribution < -0.4 is 15.7 Å². The maximum absolute atomic E-state index is 11.3. The van der Waals surface area contributed by atoms with E-state index in [1.165, 1.54) is 10.4 Å². The topological polar surface area (TPSA) is 58.6 Å². The van der Waals surface area contributed by atoms with E-state index < -0.39 is 14.4 Å². The first-order chi connectivity index (χ1) is 14.3. The molecule has 0 aliphatic heterocycles. The van der Waals surface area contributed by atoms with Crippen LogP contribution in [0.25, 0.3) is 0 Å². The Morgan fingerprint density at radius 1 is 1.10 bits per heavy atom. The molecule has 1 aliphatic rings. The molecule has 162 valence electrons. The molecule has 4 nitrogen and oxygen atoms in total. The van der Waals surface area contributed by atoms with Crippen molar-refractivity contribution in [1.29, 1.82) is 0 Å². The summed E-state index contributed by atoms with van der Waals surface area (Å²) in [5.74, 6) is -0.212. The molecule has 1 aliphatic carbocycles. The zero-order valence-corrected chi connectivity index (χ0v) is 19.7. The maximum atomic E-state index is 11.3. The minimum Gasteiger partial charge on any atom is -0.404 e. The molecule has 1 amide bonds. The van der Waals surface area contributed by atoms with Crippen LogP contribution in [0.2, 0.25) is 5.04 Å². The number of nitrogens with one attached hydrogen (secondary N) is 1. The zero-order valence-electron chi connectivity index (χ0n) is 18.0. The van der Waals surface area contributed by atoms with E-state index in [-0.39, 0.29) is 35.4 Å². The van der Waals surface area contributed by atoms with Crippen LogP contribution in [-0.2, 0) is 9.22 Å². The molecule has 2 aromatic rings. The highest BCUT2D eigenvalue weighted by Crippen LogP contribution is 2.42. The van der Waals surface area contributed by atoms with Gasteiger partial charge >= 0.3 is 0 Å². The van der Waals surface area contributed by atoms with Gasteiger partial charge in [0.2, 0.25) is 5.91 Å².